The number of hydrogen-bond acceptors (Lipinski definition) is 4. The molecular formula is C15H20ClN3S. The van der Waals surface area contributed by atoms with E-state index in [0.29, 0.717) is 0 Å². The van der Waals surface area contributed by atoms with Crippen LogP contribution in [-0.4, -0.2) is 16.1 Å². The Hall–Kier alpha value is -0.970. The van der Waals surface area contributed by atoms with Gasteiger partial charge in [0, 0.05) is 5.02 Å². The molecule has 5 heteroatoms. The molecule has 0 radical (unpaired) electrons. The summed E-state index contributed by atoms with van der Waals surface area (Å²) in [5.74, 6) is 0. The van der Waals surface area contributed by atoms with Crippen LogP contribution in [0.3, 0.4) is 0 Å². The molecule has 2 aromatic rings. The second-order valence-electron chi connectivity index (χ2n) is 4.77. The molecule has 20 heavy (non-hydrogen) atoms. The van der Waals surface area contributed by atoms with Crippen molar-refractivity contribution in [1.82, 2.24) is 14.9 Å². The van der Waals surface area contributed by atoms with Gasteiger partial charge in [-0.15, -0.1) is 5.10 Å². The SMILES string of the molecule is CCCNC(c1ccc(Cl)cc1)c1snnc1CCC. The maximum atomic E-state index is 5.98. The van der Waals surface area contributed by atoms with Gasteiger partial charge in [0.15, 0.2) is 0 Å². The summed E-state index contributed by atoms with van der Waals surface area (Å²) in [6.07, 6.45) is 3.16. The summed E-state index contributed by atoms with van der Waals surface area (Å²) < 4.78 is 4.14. The Morgan fingerprint density at radius 1 is 1.20 bits per heavy atom. The van der Waals surface area contributed by atoms with Gasteiger partial charge in [0.05, 0.1) is 16.6 Å². The van der Waals surface area contributed by atoms with Gasteiger partial charge in [-0.05, 0) is 48.6 Å². The molecule has 0 bridgehead atoms. The van der Waals surface area contributed by atoms with Crippen LogP contribution in [0, 0.1) is 0 Å². The Morgan fingerprint density at radius 2 is 1.95 bits per heavy atom. The number of nitrogens with zero attached hydrogens (tertiary/aromatic N) is 2. The number of benzene rings is 1. The third-order valence-corrected chi connectivity index (χ3v) is 4.22. The molecule has 0 saturated carbocycles. The maximum absolute atomic E-state index is 5.98. The molecule has 1 aromatic heterocycles. The fourth-order valence-electron chi connectivity index (χ4n) is 2.15. The smallest absolute Gasteiger partial charge is 0.0807 e. The lowest BCUT2D eigenvalue weighted by atomic mass is 10.0. The summed E-state index contributed by atoms with van der Waals surface area (Å²) in [6, 6.07) is 8.18. The highest BCUT2D eigenvalue weighted by Gasteiger charge is 2.20. The van der Waals surface area contributed by atoms with Crippen molar-refractivity contribution in [2.45, 2.75) is 39.2 Å². The average Bonchev–Trinajstić information content (AvgIpc) is 2.90. The quantitative estimate of drug-likeness (QED) is 0.831. The minimum Gasteiger partial charge on any atom is -0.305 e. The zero-order chi connectivity index (χ0) is 14.4. The molecule has 3 nitrogen and oxygen atoms in total. The van der Waals surface area contributed by atoms with Gasteiger partial charge in [-0.25, -0.2) is 0 Å². The van der Waals surface area contributed by atoms with Crippen LogP contribution in [0.4, 0.5) is 0 Å². The molecule has 0 aliphatic rings. The zero-order valence-electron chi connectivity index (χ0n) is 11.9. The molecule has 0 amide bonds. The summed E-state index contributed by atoms with van der Waals surface area (Å²) in [7, 11) is 0. The van der Waals surface area contributed by atoms with E-state index in [1.807, 2.05) is 12.1 Å². The highest BCUT2D eigenvalue weighted by molar-refractivity contribution is 7.05. The van der Waals surface area contributed by atoms with Gasteiger partial charge in [0.2, 0.25) is 0 Å². The van der Waals surface area contributed by atoms with E-state index in [1.54, 1.807) is 0 Å². The molecule has 2 rings (SSSR count). The van der Waals surface area contributed by atoms with Gasteiger partial charge < -0.3 is 5.32 Å². The molecule has 1 N–H and O–H groups in total. The largest absolute Gasteiger partial charge is 0.305 e. The maximum Gasteiger partial charge on any atom is 0.0807 e. The predicted octanol–water partition coefficient (Wildman–Crippen LogP) is 4.23. The summed E-state index contributed by atoms with van der Waals surface area (Å²) >= 11 is 7.47. The highest BCUT2D eigenvalue weighted by atomic mass is 35.5. The van der Waals surface area contributed by atoms with E-state index in [1.165, 1.54) is 22.0 Å². The average molecular weight is 310 g/mol. The predicted molar refractivity (Wildman–Crippen MR) is 85.5 cm³/mol. The number of halogens is 1. The van der Waals surface area contributed by atoms with Crippen molar-refractivity contribution >= 4 is 23.1 Å². The first-order valence-electron chi connectivity index (χ1n) is 7.06. The van der Waals surface area contributed by atoms with Crippen molar-refractivity contribution < 1.29 is 0 Å². The lowest BCUT2D eigenvalue weighted by molar-refractivity contribution is 0.599. The van der Waals surface area contributed by atoms with Gasteiger partial charge in [-0.1, -0.05) is 48.5 Å². The highest BCUT2D eigenvalue weighted by Crippen LogP contribution is 2.28. The van der Waals surface area contributed by atoms with Crippen LogP contribution in [0.1, 0.15) is 48.9 Å². The second kappa shape index (κ2) is 7.72. The first kappa shape index (κ1) is 15.4. The summed E-state index contributed by atoms with van der Waals surface area (Å²) in [5, 5.41) is 8.64. The van der Waals surface area contributed by atoms with Crippen molar-refractivity contribution in [3.05, 3.63) is 45.4 Å². The lowest BCUT2D eigenvalue weighted by Crippen LogP contribution is -2.23. The fraction of sp³-hybridized carbons (Fsp3) is 0.467. The molecule has 0 aliphatic carbocycles. The monoisotopic (exact) mass is 309 g/mol. The Morgan fingerprint density at radius 3 is 2.60 bits per heavy atom. The standard InChI is InChI=1S/C15H20ClN3S/c1-3-5-13-15(20-19-18-13)14(17-10-4-2)11-6-8-12(16)9-7-11/h6-9,14,17H,3-5,10H2,1-2H3. The molecule has 0 fully saturated rings. The summed E-state index contributed by atoms with van der Waals surface area (Å²) in [5.41, 5.74) is 2.33. The van der Waals surface area contributed by atoms with E-state index in [-0.39, 0.29) is 6.04 Å². The first-order chi connectivity index (χ1) is 9.76. The molecule has 0 saturated heterocycles. The number of rotatable bonds is 7. The number of nitrogens with one attached hydrogen (secondary N) is 1. The third-order valence-electron chi connectivity index (χ3n) is 3.14. The number of aryl methyl sites for hydroxylation is 1. The van der Waals surface area contributed by atoms with Crippen LogP contribution in [0.5, 0.6) is 0 Å². The summed E-state index contributed by atoms with van der Waals surface area (Å²) in [4.78, 5) is 1.22. The van der Waals surface area contributed by atoms with Gasteiger partial charge in [-0.3, -0.25) is 0 Å². The fourth-order valence-corrected chi connectivity index (χ4v) is 3.08. The topological polar surface area (TPSA) is 37.8 Å². The first-order valence-corrected chi connectivity index (χ1v) is 8.21. The van der Waals surface area contributed by atoms with Crippen LogP contribution < -0.4 is 5.32 Å². The molecule has 108 valence electrons. The van der Waals surface area contributed by atoms with Crippen molar-refractivity contribution in [1.29, 1.82) is 0 Å². The van der Waals surface area contributed by atoms with Crippen molar-refractivity contribution in [2.24, 2.45) is 0 Å². The van der Waals surface area contributed by atoms with Crippen molar-refractivity contribution in [3.63, 3.8) is 0 Å². The molecule has 1 heterocycles. The van der Waals surface area contributed by atoms with E-state index in [0.717, 1.165) is 36.5 Å². The molecular weight excluding hydrogens is 290 g/mol. The third kappa shape index (κ3) is 3.78. The number of aromatic nitrogens is 2. The van der Waals surface area contributed by atoms with E-state index in [4.69, 9.17) is 11.6 Å². The van der Waals surface area contributed by atoms with Gasteiger partial charge in [-0.2, -0.15) is 0 Å². The molecule has 1 atom stereocenters. The van der Waals surface area contributed by atoms with Crippen LogP contribution in [-0.2, 0) is 6.42 Å². The minimum absolute atomic E-state index is 0.161. The van der Waals surface area contributed by atoms with Crippen molar-refractivity contribution in [3.8, 4) is 0 Å². The van der Waals surface area contributed by atoms with E-state index in [9.17, 15) is 0 Å². The van der Waals surface area contributed by atoms with Crippen LogP contribution in [0.15, 0.2) is 24.3 Å². The van der Waals surface area contributed by atoms with Crippen LogP contribution in [0.25, 0.3) is 0 Å². The van der Waals surface area contributed by atoms with Gasteiger partial charge >= 0.3 is 0 Å². The van der Waals surface area contributed by atoms with Gasteiger partial charge in [0.25, 0.3) is 0 Å². The van der Waals surface area contributed by atoms with Gasteiger partial charge in [0.1, 0.15) is 0 Å². The Balaban J connectivity index is 2.31. The molecule has 0 aliphatic heterocycles. The summed E-state index contributed by atoms with van der Waals surface area (Å²) in [6.45, 7) is 5.31. The molecule has 1 unspecified atom stereocenters. The lowest BCUT2D eigenvalue weighted by Gasteiger charge is -2.18. The molecule has 1 aromatic carbocycles. The zero-order valence-corrected chi connectivity index (χ0v) is 13.5. The Kier molecular flexibility index (Phi) is 5.95. The van der Waals surface area contributed by atoms with Crippen molar-refractivity contribution in [2.75, 3.05) is 6.54 Å². The van der Waals surface area contributed by atoms with Crippen LogP contribution in [0.2, 0.25) is 5.02 Å². The second-order valence-corrected chi connectivity index (χ2v) is 5.99. The van der Waals surface area contributed by atoms with E-state index in [2.05, 4.69) is 40.9 Å². The van der Waals surface area contributed by atoms with E-state index >= 15 is 0 Å². The Bertz CT molecular complexity index is 524. The van der Waals surface area contributed by atoms with E-state index < -0.39 is 0 Å². The minimum atomic E-state index is 0.161. The van der Waals surface area contributed by atoms with Crippen LogP contribution >= 0.6 is 23.1 Å². The number of hydrogen-bond donors (Lipinski definition) is 1. The normalized spacial score (nSPS) is 12.6. The Labute approximate surface area is 129 Å². The molecule has 0 spiro atoms.